The van der Waals surface area contributed by atoms with Crippen LogP contribution in [0.15, 0.2) is 0 Å². The summed E-state index contributed by atoms with van der Waals surface area (Å²) in [4.78, 5) is 0. The molecule has 0 aromatic heterocycles. The molecule has 0 aromatic rings. The smallest absolute Gasteiger partial charge is 0.171 e. The van der Waals surface area contributed by atoms with Crippen molar-refractivity contribution >= 4 is 26.6 Å². The fourth-order valence-electron chi connectivity index (χ4n) is 0.355. The molecule has 0 spiro atoms. The Bertz CT molecular complexity index is 82.3. The van der Waals surface area contributed by atoms with Crippen LogP contribution in [0, 0.1) is 0 Å². The molecule has 0 N–H and O–H groups in total. The summed E-state index contributed by atoms with van der Waals surface area (Å²) in [7, 11) is 2.11. The largest absolute Gasteiger partial charge is 0.388 e. The van der Waals surface area contributed by atoms with E-state index in [1.807, 2.05) is 6.55 Å². The van der Waals surface area contributed by atoms with Crippen LogP contribution in [0.1, 0.15) is 6.42 Å². The molecule has 10 heavy (non-hydrogen) atoms. The zero-order chi connectivity index (χ0) is 8.04. The van der Waals surface area contributed by atoms with E-state index in [2.05, 4.69) is 0 Å². The molecule has 0 rings (SSSR count). The lowest BCUT2D eigenvalue weighted by Crippen LogP contribution is -2.14. The average Bonchev–Trinajstić information content (AvgIpc) is 1.78. The fraction of sp³-hybridized carbons (Fsp3) is 1.00. The lowest BCUT2D eigenvalue weighted by molar-refractivity contribution is -0.130. The lowest BCUT2D eigenvalue weighted by Gasteiger charge is -2.03. The summed E-state index contributed by atoms with van der Waals surface area (Å²) in [6.07, 6.45) is -4.53. The number of alkyl halides is 3. The van der Waals surface area contributed by atoms with E-state index >= 15 is 0 Å². The topological polar surface area (TPSA) is 0 Å². The molecule has 0 saturated carbocycles. The van der Waals surface area contributed by atoms with Crippen molar-refractivity contribution in [2.24, 2.45) is 0 Å². The predicted molar refractivity (Wildman–Crippen MR) is 38.6 cm³/mol. The van der Waals surface area contributed by atoms with Gasteiger partial charge in [-0.2, -0.15) is 13.2 Å². The number of rotatable bonds is 4. The van der Waals surface area contributed by atoms with Gasteiger partial charge in [0.2, 0.25) is 0 Å². The molecule has 0 unspecified atom stereocenters. The molecule has 0 aliphatic carbocycles. The summed E-state index contributed by atoms with van der Waals surface area (Å²) in [6.45, 7) is 2.03. The second kappa shape index (κ2) is 5.14. The zero-order valence-corrected chi connectivity index (χ0v) is 8.55. The summed E-state index contributed by atoms with van der Waals surface area (Å²) in [5.74, 6) is 0. The Morgan fingerprint density at radius 3 is 2.30 bits per heavy atom. The lowest BCUT2D eigenvalue weighted by atomic mass is 10.5. The van der Waals surface area contributed by atoms with Gasteiger partial charge in [0.15, 0.2) is 0 Å². The van der Waals surface area contributed by atoms with E-state index < -0.39 is 12.6 Å². The average molecular weight is 196 g/mol. The summed E-state index contributed by atoms with van der Waals surface area (Å²) in [6, 6.07) is 0.336. The van der Waals surface area contributed by atoms with Crippen LogP contribution in [0.5, 0.6) is 0 Å². The van der Waals surface area contributed by atoms with Crippen LogP contribution >= 0.6 is 0 Å². The number of hydrogen-bond acceptors (Lipinski definition) is 0. The Kier molecular flexibility index (Phi) is 5.37. The zero-order valence-electron chi connectivity index (χ0n) is 5.55. The molecule has 0 aliphatic heterocycles. The molecule has 0 nitrogen and oxygen atoms in total. The predicted octanol–water partition coefficient (Wildman–Crippen LogP) is 1.35. The first-order valence-corrected chi connectivity index (χ1v) is 8.48. The highest BCUT2D eigenvalue weighted by Gasteiger charge is 2.25. The first-order valence-electron chi connectivity index (χ1n) is 2.77. The van der Waals surface area contributed by atoms with Crippen LogP contribution in [0.4, 0.5) is 13.2 Å². The van der Waals surface area contributed by atoms with Crippen LogP contribution in [0.25, 0.3) is 0 Å². The maximum Gasteiger partial charge on any atom is 0.388 e. The van der Waals surface area contributed by atoms with Gasteiger partial charge in [0.1, 0.15) is 0 Å². The third-order valence-corrected chi connectivity index (χ3v) is 7.54. The summed E-state index contributed by atoms with van der Waals surface area (Å²) in [5.41, 5.74) is 0. The fourth-order valence-corrected chi connectivity index (χ4v) is 5.06. The van der Waals surface area contributed by atoms with Crippen molar-refractivity contribution in [2.45, 2.75) is 25.2 Å². The van der Waals surface area contributed by atoms with E-state index in [1.165, 1.54) is 0 Å². The Balaban J connectivity index is 3.04. The van der Waals surface area contributed by atoms with Crippen LogP contribution in [-0.2, 0) is 0 Å². The Labute approximate surface area is 65.6 Å². The molecule has 56 valence electrons. The third kappa shape index (κ3) is 8.44. The standard InChI is InChI=1S/C4H7F3Si3/c1-8-10-9-3-2-4(5,6)7/h2-3H2,1H3. The van der Waals surface area contributed by atoms with Gasteiger partial charge in [0.25, 0.3) is 0 Å². The van der Waals surface area contributed by atoms with Crippen molar-refractivity contribution in [2.75, 3.05) is 0 Å². The Morgan fingerprint density at radius 2 is 1.90 bits per heavy atom. The molecule has 0 aromatic carbocycles. The van der Waals surface area contributed by atoms with Gasteiger partial charge in [-0.05, 0) is 0 Å². The molecule has 0 heterocycles. The van der Waals surface area contributed by atoms with Gasteiger partial charge in [0.05, 0.1) is 0 Å². The van der Waals surface area contributed by atoms with E-state index in [0.717, 1.165) is 17.6 Å². The Hall–Kier alpha value is 0.441. The minimum atomic E-state index is -3.94. The van der Waals surface area contributed by atoms with Gasteiger partial charge in [-0.15, -0.1) is 0 Å². The van der Waals surface area contributed by atoms with E-state index in [1.54, 1.807) is 0 Å². The van der Waals surface area contributed by atoms with Gasteiger partial charge >= 0.3 is 6.18 Å². The van der Waals surface area contributed by atoms with Gasteiger partial charge in [-0.3, -0.25) is 0 Å². The molecule has 0 atom stereocenters. The molecule has 0 aliphatic rings. The van der Waals surface area contributed by atoms with E-state index in [0.29, 0.717) is 15.1 Å². The van der Waals surface area contributed by atoms with Crippen molar-refractivity contribution in [3.63, 3.8) is 0 Å². The van der Waals surface area contributed by atoms with Crippen molar-refractivity contribution in [3.05, 3.63) is 0 Å². The normalized spacial score (nSPS) is 12.0. The third-order valence-electron chi connectivity index (χ3n) is 0.747. The van der Waals surface area contributed by atoms with Crippen molar-refractivity contribution in [1.82, 2.24) is 0 Å². The quantitative estimate of drug-likeness (QED) is 0.470. The van der Waals surface area contributed by atoms with Crippen molar-refractivity contribution in [3.8, 4) is 0 Å². The van der Waals surface area contributed by atoms with Gasteiger partial charge < -0.3 is 0 Å². The van der Waals surface area contributed by atoms with Crippen molar-refractivity contribution in [1.29, 1.82) is 0 Å². The highest BCUT2D eigenvalue weighted by atomic mass is 29.5. The van der Waals surface area contributed by atoms with E-state index in [4.69, 9.17) is 0 Å². The summed E-state index contributed by atoms with van der Waals surface area (Å²) < 4.78 is 34.5. The molecule has 0 bridgehead atoms. The van der Waals surface area contributed by atoms with Crippen LogP contribution in [0.2, 0.25) is 12.6 Å². The number of halogens is 3. The monoisotopic (exact) mass is 196 g/mol. The molecule has 6 radical (unpaired) electrons. The second-order valence-electron chi connectivity index (χ2n) is 1.67. The highest BCUT2D eigenvalue weighted by molar-refractivity contribution is 7.29. The maximum atomic E-state index is 11.5. The molecular weight excluding hydrogens is 189 g/mol. The van der Waals surface area contributed by atoms with Crippen LogP contribution in [-0.4, -0.2) is 32.8 Å². The highest BCUT2D eigenvalue weighted by Crippen LogP contribution is 2.20. The second-order valence-corrected chi connectivity index (χ2v) is 8.83. The maximum absolute atomic E-state index is 11.5. The number of hydrogen-bond donors (Lipinski definition) is 0. The molecule has 6 heteroatoms. The van der Waals surface area contributed by atoms with Gasteiger partial charge in [0, 0.05) is 33.0 Å². The first-order chi connectivity index (χ1) is 4.56. The summed E-state index contributed by atoms with van der Waals surface area (Å²) >= 11 is 0. The van der Waals surface area contributed by atoms with Crippen molar-refractivity contribution < 1.29 is 13.2 Å². The molecular formula is C4H7F3Si3. The molecule has 0 amide bonds. The van der Waals surface area contributed by atoms with Gasteiger partial charge in [-0.25, -0.2) is 0 Å². The van der Waals surface area contributed by atoms with Crippen LogP contribution < -0.4 is 0 Å². The first kappa shape index (κ1) is 10.4. The Morgan fingerprint density at radius 1 is 1.30 bits per heavy atom. The van der Waals surface area contributed by atoms with E-state index in [9.17, 15) is 13.2 Å². The van der Waals surface area contributed by atoms with Gasteiger partial charge in [-0.1, -0.05) is 12.6 Å². The molecule has 0 saturated heterocycles. The molecule has 0 fully saturated rings. The summed E-state index contributed by atoms with van der Waals surface area (Å²) in [5, 5.41) is 0. The SMILES string of the molecule is C[Si][Si][Si]CCC(F)(F)F. The van der Waals surface area contributed by atoms with E-state index in [-0.39, 0.29) is 0 Å². The minimum absolute atomic E-state index is 0.336. The van der Waals surface area contributed by atoms with Crippen LogP contribution in [0.3, 0.4) is 0 Å². The minimum Gasteiger partial charge on any atom is -0.171 e.